The normalized spacial score (nSPS) is 10.8. The summed E-state index contributed by atoms with van der Waals surface area (Å²) in [6.45, 7) is 1.84. The SMILES string of the molecule is Cc1ccccc1C(=O)Oc1ccc(C(=O)/C=C/c2ccc(Cl)cc2Cl)cc1. The van der Waals surface area contributed by atoms with Crippen LogP contribution < -0.4 is 4.74 Å². The van der Waals surface area contributed by atoms with Gasteiger partial charge in [0, 0.05) is 15.6 Å². The van der Waals surface area contributed by atoms with Gasteiger partial charge in [0.05, 0.1) is 5.56 Å². The van der Waals surface area contributed by atoms with E-state index in [1.807, 2.05) is 19.1 Å². The highest BCUT2D eigenvalue weighted by molar-refractivity contribution is 6.35. The lowest BCUT2D eigenvalue weighted by atomic mass is 10.1. The fourth-order valence-electron chi connectivity index (χ4n) is 2.55. The number of carbonyl (C=O) groups is 2. The maximum atomic E-state index is 12.3. The smallest absolute Gasteiger partial charge is 0.343 e. The Labute approximate surface area is 173 Å². The fraction of sp³-hybridized carbons (Fsp3) is 0.0435. The molecule has 0 heterocycles. The molecule has 0 amide bonds. The largest absolute Gasteiger partial charge is 0.423 e. The number of aryl methyl sites for hydroxylation is 1. The third-order valence-corrected chi connectivity index (χ3v) is 4.65. The lowest BCUT2D eigenvalue weighted by Crippen LogP contribution is -2.10. The molecule has 3 nitrogen and oxygen atoms in total. The van der Waals surface area contributed by atoms with Gasteiger partial charge in [0.1, 0.15) is 5.75 Å². The Morgan fingerprint density at radius 3 is 2.32 bits per heavy atom. The molecule has 0 aliphatic heterocycles. The standard InChI is InChI=1S/C23H16Cl2O3/c1-15-4-2-3-5-20(15)23(27)28-19-11-7-17(8-12-19)22(26)13-9-16-6-10-18(24)14-21(16)25/h2-14H,1H3/b13-9+. The zero-order valence-corrected chi connectivity index (χ0v) is 16.5. The molecule has 0 radical (unpaired) electrons. The van der Waals surface area contributed by atoms with Crippen molar-refractivity contribution in [3.8, 4) is 5.75 Å². The monoisotopic (exact) mass is 410 g/mol. The zero-order chi connectivity index (χ0) is 20.1. The molecule has 5 heteroatoms. The second kappa shape index (κ2) is 8.87. The average molecular weight is 411 g/mol. The van der Waals surface area contributed by atoms with Crippen LogP contribution in [0.1, 0.15) is 31.8 Å². The third-order valence-electron chi connectivity index (χ3n) is 4.09. The van der Waals surface area contributed by atoms with Crippen LogP contribution in [-0.2, 0) is 0 Å². The van der Waals surface area contributed by atoms with Crippen LogP contribution in [0.5, 0.6) is 5.75 Å². The molecule has 0 unspecified atom stereocenters. The number of ketones is 1. The number of benzene rings is 3. The Bertz CT molecular complexity index is 1050. The summed E-state index contributed by atoms with van der Waals surface area (Å²) in [5.41, 5.74) is 2.51. The number of carbonyl (C=O) groups excluding carboxylic acids is 2. The number of hydrogen-bond donors (Lipinski definition) is 0. The fourth-order valence-corrected chi connectivity index (χ4v) is 3.02. The van der Waals surface area contributed by atoms with Gasteiger partial charge in [0.15, 0.2) is 5.78 Å². The van der Waals surface area contributed by atoms with Crippen LogP contribution in [0.2, 0.25) is 10.0 Å². The molecule has 0 N–H and O–H groups in total. The molecule has 3 rings (SSSR count). The van der Waals surface area contributed by atoms with Crippen molar-refractivity contribution >= 4 is 41.0 Å². The topological polar surface area (TPSA) is 43.4 Å². The predicted molar refractivity (Wildman–Crippen MR) is 112 cm³/mol. The molecule has 0 bridgehead atoms. The number of hydrogen-bond acceptors (Lipinski definition) is 3. The number of rotatable bonds is 5. The number of esters is 1. The van der Waals surface area contributed by atoms with Crippen molar-refractivity contribution in [2.75, 3.05) is 0 Å². The molecule has 0 spiro atoms. The molecule has 0 aliphatic rings. The highest BCUT2D eigenvalue weighted by Gasteiger charge is 2.11. The van der Waals surface area contributed by atoms with Crippen molar-refractivity contribution in [1.29, 1.82) is 0 Å². The van der Waals surface area contributed by atoms with Gasteiger partial charge >= 0.3 is 5.97 Å². The van der Waals surface area contributed by atoms with Crippen molar-refractivity contribution < 1.29 is 14.3 Å². The maximum absolute atomic E-state index is 12.3. The zero-order valence-electron chi connectivity index (χ0n) is 15.0. The van der Waals surface area contributed by atoms with Crippen LogP contribution in [0.15, 0.2) is 72.8 Å². The summed E-state index contributed by atoms with van der Waals surface area (Å²) in [7, 11) is 0. The minimum Gasteiger partial charge on any atom is -0.423 e. The van der Waals surface area contributed by atoms with Gasteiger partial charge in [-0.15, -0.1) is 0 Å². The van der Waals surface area contributed by atoms with Gasteiger partial charge in [-0.25, -0.2) is 4.79 Å². The predicted octanol–water partition coefficient (Wildman–Crippen LogP) is 6.42. The first kappa shape index (κ1) is 19.9. The maximum Gasteiger partial charge on any atom is 0.343 e. The molecule has 0 saturated heterocycles. The first-order valence-electron chi connectivity index (χ1n) is 8.49. The summed E-state index contributed by atoms with van der Waals surface area (Å²) in [5.74, 6) is -0.258. The van der Waals surface area contributed by atoms with E-state index in [0.29, 0.717) is 32.5 Å². The van der Waals surface area contributed by atoms with Crippen molar-refractivity contribution in [1.82, 2.24) is 0 Å². The van der Waals surface area contributed by atoms with Crippen LogP contribution in [0.3, 0.4) is 0 Å². The molecule has 0 aromatic heterocycles. The third kappa shape index (κ3) is 4.89. The minimum atomic E-state index is -0.436. The number of halogens is 2. The van der Waals surface area contributed by atoms with E-state index in [2.05, 4.69) is 0 Å². The van der Waals surface area contributed by atoms with Gasteiger partial charge in [-0.3, -0.25) is 4.79 Å². The quantitative estimate of drug-likeness (QED) is 0.211. The highest BCUT2D eigenvalue weighted by Crippen LogP contribution is 2.22. The van der Waals surface area contributed by atoms with Gasteiger partial charge in [0.2, 0.25) is 0 Å². The number of allylic oxidation sites excluding steroid dienone is 1. The van der Waals surface area contributed by atoms with Crippen LogP contribution in [0.4, 0.5) is 0 Å². The molecular weight excluding hydrogens is 395 g/mol. The molecule has 3 aromatic rings. The van der Waals surface area contributed by atoms with Gasteiger partial charge in [-0.2, -0.15) is 0 Å². The van der Waals surface area contributed by atoms with Crippen molar-refractivity contribution in [3.63, 3.8) is 0 Å². The summed E-state index contributed by atoms with van der Waals surface area (Å²) in [6, 6.07) is 18.6. The molecule has 0 saturated carbocycles. The Morgan fingerprint density at radius 1 is 0.929 bits per heavy atom. The van der Waals surface area contributed by atoms with E-state index in [9.17, 15) is 9.59 Å². The first-order chi connectivity index (χ1) is 13.4. The second-order valence-electron chi connectivity index (χ2n) is 6.09. The first-order valence-corrected chi connectivity index (χ1v) is 9.25. The van der Waals surface area contributed by atoms with E-state index in [1.54, 1.807) is 60.7 Å². The van der Waals surface area contributed by atoms with Gasteiger partial charge < -0.3 is 4.74 Å². The molecule has 0 aliphatic carbocycles. The van der Waals surface area contributed by atoms with Crippen molar-refractivity contribution in [2.45, 2.75) is 6.92 Å². The van der Waals surface area contributed by atoms with E-state index >= 15 is 0 Å². The second-order valence-corrected chi connectivity index (χ2v) is 6.94. The van der Waals surface area contributed by atoms with Crippen molar-refractivity contribution in [3.05, 3.63) is 105 Å². The molecule has 3 aromatic carbocycles. The Kier molecular flexibility index (Phi) is 6.30. The molecular formula is C23H16Cl2O3. The lowest BCUT2D eigenvalue weighted by Gasteiger charge is -2.07. The molecule has 0 atom stereocenters. The summed E-state index contributed by atoms with van der Waals surface area (Å²) in [6.07, 6.45) is 3.07. The van der Waals surface area contributed by atoms with Crippen molar-refractivity contribution in [2.24, 2.45) is 0 Å². The molecule has 140 valence electrons. The summed E-state index contributed by atoms with van der Waals surface area (Å²) >= 11 is 12.0. The van der Waals surface area contributed by atoms with E-state index in [4.69, 9.17) is 27.9 Å². The van der Waals surface area contributed by atoms with Crippen LogP contribution in [0.25, 0.3) is 6.08 Å². The lowest BCUT2D eigenvalue weighted by molar-refractivity contribution is 0.0734. The average Bonchev–Trinajstić information content (AvgIpc) is 2.68. The Hall–Kier alpha value is -2.88. The van der Waals surface area contributed by atoms with E-state index in [-0.39, 0.29) is 5.78 Å². The van der Waals surface area contributed by atoms with Gasteiger partial charge in [-0.05, 0) is 72.7 Å². The van der Waals surface area contributed by atoms with Gasteiger partial charge in [0.25, 0.3) is 0 Å². The summed E-state index contributed by atoms with van der Waals surface area (Å²) in [4.78, 5) is 24.6. The van der Waals surface area contributed by atoms with E-state index in [1.165, 1.54) is 6.08 Å². The minimum absolute atomic E-state index is 0.192. The summed E-state index contributed by atoms with van der Waals surface area (Å²) < 4.78 is 5.37. The Balaban J connectivity index is 1.68. The van der Waals surface area contributed by atoms with E-state index in [0.717, 1.165) is 5.56 Å². The van der Waals surface area contributed by atoms with Crippen LogP contribution in [0, 0.1) is 6.92 Å². The molecule has 0 fully saturated rings. The summed E-state index contributed by atoms with van der Waals surface area (Å²) in [5, 5.41) is 0.999. The van der Waals surface area contributed by atoms with E-state index < -0.39 is 5.97 Å². The number of ether oxygens (including phenoxy) is 1. The molecule has 28 heavy (non-hydrogen) atoms. The highest BCUT2D eigenvalue weighted by atomic mass is 35.5. The van der Waals surface area contributed by atoms with Crippen LogP contribution >= 0.6 is 23.2 Å². The van der Waals surface area contributed by atoms with Crippen LogP contribution in [-0.4, -0.2) is 11.8 Å². The Morgan fingerprint density at radius 2 is 1.64 bits per heavy atom. The van der Waals surface area contributed by atoms with Gasteiger partial charge in [-0.1, -0.05) is 47.5 Å².